The number of hydrogen-bond acceptors (Lipinski definition) is 3. The molecule has 2 aromatic rings. The van der Waals surface area contributed by atoms with E-state index in [1.807, 2.05) is 17.6 Å². The van der Waals surface area contributed by atoms with Crippen LogP contribution < -0.4 is 10.6 Å². The van der Waals surface area contributed by atoms with Crippen molar-refractivity contribution in [3.63, 3.8) is 0 Å². The molecule has 1 aromatic heterocycles. The molecule has 1 atom stereocenters. The van der Waals surface area contributed by atoms with E-state index in [1.54, 1.807) is 6.33 Å². The van der Waals surface area contributed by atoms with Crippen molar-refractivity contribution in [2.45, 2.75) is 45.3 Å². The second kappa shape index (κ2) is 6.60. The Morgan fingerprint density at radius 1 is 1.41 bits per heavy atom. The summed E-state index contributed by atoms with van der Waals surface area (Å²) in [5, 5.41) is 13.8. The Morgan fingerprint density at radius 3 is 3.14 bits per heavy atom. The predicted molar refractivity (Wildman–Crippen MR) is 83.2 cm³/mol. The van der Waals surface area contributed by atoms with Crippen molar-refractivity contribution in [1.82, 2.24) is 25.4 Å². The number of hydrogen-bond donors (Lipinski definition) is 2. The number of fused-ring (bicyclic) bond motifs is 1. The van der Waals surface area contributed by atoms with E-state index < -0.39 is 0 Å². The van der Waals surface area contributed by atoms with Crippen LogP contribution in [-0.2, 0) is 19.5 Å². The van der Waals surface area contributed by atoms with Crippen LogP contribution in [0.15, 0.2) is 30.6 Å². The average molecular weight is 299 g/mol. The summed E-state index contributed by atoms with van der Waals surface area (Å²) in [7, 11) is 0. The molecule has 0 spiro atoms. The monoisotopic (exact) mass is 299 g/mol. The lowest BCUT2D eigenvalue weighted by Crippen LogP contribution is -2.39. The number of carbonyl (C=O) groups is 1. The Labute approximate surface area is 129 Å². The molecule has 0 bridgehead atoms. The third kappa shape index (κ3) is 3.10. The summed E-state index contributed by atoms with van der Waals surface area (Å²) in [5.74, 6) is 0.765. The molecule has 0 radical (unpaired) electrons. The summed E-state index contributed by atoms with van der Waals surface area (Å²) in [5.41, 5.74) is 2.57. The molecule has 0 unspecified atom stereocenters. The number of aryl methyl sites for hydroxylation is 2. The van der Waals surface area contributed by atoms with Gasteiger partial charge >= 0.3 is 6.03 Å². The Bertz CT molecular complexity index is 651. The first-order valence-electron chi connectivity index (χ1n) is 7.76. The van der Waals surface area contributed by atoms with Gasteiger partial charge in [-0.2, -0.15) is 0 Å². The van der Waals surface area contributed by atoms with Crippen LogP contribution in [0.2, 0.25) is 0 Å². The van der Waals surface area contributed by atoms with Crippen molar-refractivity contribution < 1.29 is 4.79 Å². The van der Waals surface area contributed by atoms with Crippen LogP contribution in [0.25, 0.3) is 0 Å². The molecule has 6 heteroatoms. The van der Waals surface area contributed by atoms with E-state index in [0.29, 0.717) is 6.54 Å². The molecule has 22 heavy (non-hydrogen) atoms. The van der Waals surface area contributed by atoms with Crippen LogP contribution >= 0.6 is 0 Å². The Kier molecular flexibility index (Phi) is 4.37. The predicted octanol–water partition coefficient (Wildman–Crippen LogP) is 2.17. The first-order valence-corrected chi connectivity index (χ1v) is 7.76. The molecule has 2 N–H and O–H groups in total. The molecule has 3 rings (SSSR count). The maximum absolute atomic E-state index is 12.1. The minimum absolute atomic E-state index is 0.0917. The second-order valence-electron chi connectivity index (χ2n) is 5.50. The number of aromatic nitrogens is 3. The van der Waals surface area contributed by atoms with E-state index in [-0.39, 0.29) is 12.1 Å². The van der Waals surface area contributed by atoms with Gasteiger partial charge in [0.25, 0.3) is 0 Å². The highest BCUT2D eigenvalue weighted by Crippen LogP contribution is 2.29. The second-order valence-corrected chi connectivity index (χ2v) is 5.50. The summed E-state index contributed by atoms with van der Waals surface area (Å²) in [6.07, 6.45) is 4.85. The third-order valence-electron chi connectivity index (χ3n) is 4.12. The average Bonchev–Trinajstić information content (AvgIpc) is 3.01. The Balaban J connectivity index is 1.59. The fourth-order valence-corrected chi connectivity index (χ4v) is 2.95. The quantitative estimate of drug-likeness (QED) is 0.909. The SMILES string of the molecule is CCn1cnnc1CNC(=O)N[C@H]1CCCc2ccccc21. The van der Waals surface area contributed by atoms with Crippen molar-refractivity contribution in [2.24, 2.45) is 0 Å². The number of nitrogens with zero attached hydrogens (tertiary/aromatic N) is 3. The van der Waals surface area contributed by atoms with Gasteiger partial charge in [-0.1, -0.05) is 24.3 Å². The highest BCUT2D eigenvalue weighted by atomic mass is 16.2. The Hall–Kier alpha value is -2.37. The summed E-state index contributed by atoms with van der Waals surface area (Å²) in [4.78, 5) is 12.1. The van der Waals surface area contributed by atoms with Gasteiger partial charge in [-0.3, -0.25) is 0 Å². The number of nitrogens with one attached hydrogen (secondary N) is 2. The normalized spacial score (nSPS) is 16.9. The molecule has 1 aliphatic rings. The van der Waals surface area contributed by atoms with Crippen molar-refractivity contribution in [3.05, 3.63) is 47.5 Å². The van der Waals surface area contributed by atoms with Crippen LogP contribution in [0.5, 0.6) is 0 Å². The lowest BCUT2D eigenvalue weighted by atomic mass is 9.88. The van der Waals surface area contributed by atoms with Crippen molar-refractivity contribution in [2.75, 3.05) is 0 Å². The summed E-state index contributed by atoms with van der Waals surface area (Å²) in [6, 6.07) is 8.26. The maximum Gasteiger partial charge on any atom is 0.315 e. The van der Waals surface area contributed by atoms with Gasteiger partial charge in [-0.15, -0.1) is 10.2 Å². The van der Waals surface area contributed by atoms with E-state index in [4.69, 9.17) is 0 Å². The smallest absolute Gasteiger partial charge is 0.315 e. The number of rotatable bonds is 4. The first kappa shape index (κ1) is 14.6. The molecule has 2 amide bonds. The minimum Gasteiger partial charge on any atom is -0.331 e. The summed E-state index contributed by atoms with van der Waals surface area (Å²) >= 11 is 0. The van der Waals surface area contributed by atoms with E-state index in [1.165, 1.54) is 11.1 Å². The van der Waals surface area contributed by atoms with Gasteiger partial charge in [0.1, 0.15) is 6.33 Å². The van der Waals surface area contributed by atoms with Crippen molar-refractivity contribution >= 4 is 6.03 Å². The molecular formula is C16H21N5O. The standard InChI is InChI=1S/C16H21N5O/c1-2-21-11-18-20-15(21)10-17-16(22)19-14-9-5-7-12-6-3-4-8-13(12)14/h3-4,6,8,11,14H,2,5,7,9-10H2,1H3,(H2,17,19,22)/t14-/m0/s1. The summed E-state index contributed by atoms with van der Waals surface area (Å²) in [6.45, 7) is 3.20. The summed E-state index contributed by atoms with van der Waals surface area (Å²) < 4.78 is 1.91. The van der Waals surface area contributed by atoms with Crippen LogP contribution in [-0.4, -0.2) is 20.8 Å². The largest absolute Gasteiger partial charge is 0.331 e. The zero-order valence-electron chi connectivity index (χ0n) is 12.7. The van der Waals surface area contributed by atoms with Crippen molar-refractivity contribution in [1.29, 1.82) is 0 Å². The topological polar surface area (TPSA) is 71.8 Å². The Morgan fingerprint density at radius 2 is 2.27 bits per heavy atom. The molecule has 1 aromatic carbocycles. The van der Waals surface area contributed by atoms with Crippen molar-refractivity contribution in [3.8, 4) is 0 Å². The molecule has 116 valence electrons. The van der Waals surface area contributed by atoms with Gasteiger partial charge < -0.3 is 15.2 Å². The van der Waals surface area contributed by atoms with E-state index >= 15 is 0 Å². The van der Waals surface area contributed by atoms with Gasteiger partial charge in [0.05, 0.1) is 12.6 Å². The maximum atomic E-state index is 12.1. The number of amides is 2. The van der Waals surface area contributed by atoms with Gasteiger partial charge in [0.15, 0.2) is 5.82 Å². The van der Waals surface area contributed by atoms with Crippen LogP contribution in [0.4, 0.5) is 4.79 Å². The molecule has 1 aliphatic carbocycles. The molecule has 0 fully saturated rings. The van der Waals surface area contributed by atoms with E-state index in [9.17, 15) is 4.79 Å². The highest BCUT2D eigenvalue weighted by molar-refractivity contribution is 5.74. The zero-order chi connectivity index (χ0) is 15.4. The lowest BCUT2D eigenvalue weighted by Gasteiger charge is -2.26. The number of urea groups is 1. The van der Waals surface area contributed by atoms with Crippen LogP contribution in [0.1, 0.15) is 42.8 Å². The van der Waals surface area contributed by atoms with Gasteiger partial charge in [-0.25, -0.2) is 4.79 Å². The zero-order valence-corrected chi connectivity index (χ0v) is 12.7. The lowest BCUT2D eigenvalue weighted by molar-refractivity contribution is 0.234. The van der Waals surface area contributed by atoms with Gasteiger partial charge in [0, 0.05) is 6.54 Å². The third-order valence-corrected chi connectivity index (χ3v) is 4.12. The molecule has 0 saturated heterocycles. The number of carbonyl (C=O) groups excluding carboxylic acids is 1. The first-order chi connectivity index (χ1) is 10.8. The number of benzene rings is 1. The molecule has 1 heterocycles. The molecular weight excluding hydrogens is 278 g/mol. The van der Waals surface area contributed by atoms with Gasteiger partial charge in [-0.05, 0) is 37.3 Å². The highest BCUT2D eigenvalue weighted by Gasteiger charge is 2.21. The molecule has 0 saturated carbocycles. The van der Waals surface area contributed by atoms with Gasteiger partial charge in [0.2, 0.25) is 0 Å². The van der Waals surface area contributed by atoms with E-state index in [2.05, 4.69) is 39.0 Å². The fourth-order valence-electron chi connectivity index (χ4n) is 2.95. The van der Waals surface area contributed by atoms with Crippen LogP contribution in [0.3, 0.4) is 0 Å². The minimum atomic E-state index is -0.160. The van der Waals surface area contributed by atoms with E-state index in [0.717, 1.165) is 31.6 Å². The molecule has 0 aliphatic heterocycles. The fraction of sp³-hybridized carbons (Fsp3) is 0.438. The molecule has 6 nitrogen and oxygen atoms in total. The van der Waals surface area contributed by atoms with Crippen LogP contribution in [0, 0.1) is 0 Å².